The van der Waals surface area contributed by atoms with Crippen LogP contribution in [0.25, 0.3) is 0 Å². The molecule has 0 radical (unpaired) electrons. The molecular weight excluding hydrogens is 358 g/mol. The number of rotatable bonds is 5. The molecule has 5 nitrogen and oxygen atoms in total. The molecule has 1 aromatic heterocycles. The lowest BCUT2D eigenvalue weighted by Crippen LogP contribution is -2.24. The smallest absolute Gasteiger partial charge is 0.257 e. The Labute approximate surface area is 142 Å². The van der Waals surface area contributed by atoms with Gasteiger partial charge in [0.25, 0.3) is 11.8 Å². The van der Waals surface area contributed by atoms with Gasteiger partial charge in [-0.2, -0.15) is 0 Å². The lowest BCUT2D eigenvalue weighted by Gasteiger charge is -2.08. The van der Waals surface area contributed by atoms with Crippen LogP contribution in [0.2, 0.25) is 0 Å². The van der Waals surface area contributed by atoms with E-state index in [0.717, 1.165) is 10.0 Å². The van der Waals surface area contributed by atoms with Gasteiger partial charge < -0.3 is 10.6 Å². The van der Waals surface area contributed by atoms with Crippen molar-refractivity contribution in [2.45, 2.75) is 6.92 Å². The highest BCUT2D eigenvalue weighted by molar-refractivity contribution is 9.10. The number of nitrogens with zero attached hydrogens (tertiary/aromatic N) is 1. The molecule has 0 atom stereocenters. The Morgan fingerprint density at radius 2 is 1.91 bits per heavy atom. The number of carbonyl (C=O) groups excluding carboxylic acids is 2. The molecule has 2 rings (SSSR count). The summed E-state index contributed by atoms with van der Waals surface area (Å²) in [7, 11) is 0. The predicted molar refractivity (Wildman–Crippen MR) is 93.6 cm³/mol. The van der Waals surface area contributed by atoms with E-state index in [0.29, 0.717) is 23.4 Å². The van der Waals surface area contributed by atoms with E-state index in [1.807, 2.05) is 25.1 Å². The number of pyridine rings is 1. The molecule has 2 amide bonds. The van der Waals surface area contributed by atoms with E-state index in [9.17, 15) is 9.59 Å². The van der Waals surface area contributed by atoms with E-state index in [4.69, 9.17) is 0 Å². The molecule has 0 unspecified atom stereocenters. The zero-order valence-electron chi connectivity index (χ0n) is 12.6. The minimum atomic E-state index is -0.327. The van der Waals surface area contributed by atoms with E-state index in [1.54, 1.807) is 6.08 Å². The molecule has 0 spiro atoms. The summed E-state index contributed by atoms with van der Waals surface area (Å²) in [5.74, 6) is -0.628. The Hall–Kier alpha value is -2.47. The van der Waals surface area contributed by atoms with Crippen LogP contribution in [0.1, 0.15) is 26.3 Å². The third kappa shape index (κ3) is 4.50. The maximum atomic E-state index is 12.3. The number of nitrogens with one attached hydrogen (secondary N) is 2. The second-order valence-electron chi connectivity index (χ2n) is 4.88. The van der Waals surface area contributed by atoms with Crippen LogP contribution < -0.4 is 10.6 Å². The summed E-state index contributed by atoms with van der Waals surface area (Å²) in [5.41, 5.74) is 2.37. The lowest BCUT2D eigenvalue weighted by molar-refractivity contribution is 0.0957. The van der Waals surface area contributed by atoms with Crippen LogP contribution in [-0.4, -0.2) is 23.3 Å². The number of benzene rings is 1. The van der Waals surface area contributed by atoms with Crippen LogP contribution in [0.3, 0.4) is 0 Å². The molecule has 0 aliphatic carbocycles. The fourth-order valence-electron chi connectivity index (χ4n) is 1.83. The van der Waals surface area contributed by atoms with Crippen molar-refractivity contribution >= 4 is 33.4 Å². The third-order valence-electron chi connectivity index (χ3n) is 3.10. The fraction of sp³-hybridized carbons (Fsp3) is 0.118. The lowest BCUT2D eigenvalue weighted by atomic mass is 10.1. The molecule has 1 aromatic carbocycles. The van der Waals surface area contributed by atoms with Crippen molar-refractivity contribution in [1.82, 2.24) is 10.3 Å². The van der Waals surface area contributed by atoms with Crippen molar-refractivity contribution < 1.29 is 9.59 Å². The summed E-state index contributed by atoms with van der Waals surface area (Å²) < 4.78 is 0.908. The molecular formula is C17H16BrN3O2. The molecule has 0 aliphatic rings. The number of halogens is 1. The minimum Gasteiger partial charge on any atom is -0.349 e. The minimum absolute atomic E-state index is 0.301. The number of anilines is 1. The first-order valence-corrected chi connectivity index (χ1v) is 7.72. The average molecular weight is 374 g/mol. The third-order valence-corrected chi connectivity index (χ3v) is 3.95. The summed E-state index contributed by atoms with van der Waals surface area (Å²) in [4.78, 5) is 28.1. The monoisotopic (exact) mass is 373 g/mol. The van der Waals surface area contributed by atoms with Gasteiger partial charge in [-0.3, -0.25) is 14.6 Å². The number of hydrogen-bond acceptors (Lipinski definition) is 3. The maximum Gasteiger partial charge on any atom is 0.257 e. The van der Waals surface area contributed by atoms with Gasteiger partial charge in [-0.15, -0.1) is 6.58 Å². The topological polar surface area (TPSA) is 71.1 Å². The summed E-state index contributed by atoms with van der Waals surface area (Å²) in [5, 5.41) is 5.42. The summed E-state index contributed by atoms with van der Waals surface area (Å²) >= 11 is 3.42. The van der Waals surface area contributed by atoms with Crippen molar-refractivity contribution in [2.75, 3.05) is 11.9 Å². The predicted octanol–water partition coefficient (Wildman–Crippen LogP) is 3.32. The van der Waals surface area contributed by atoms with Crippen molar-refractivity contribution in [3.05, 3.63) is 70.5 Å². The standard InChI is InChI=1S/C17H16BrN3O2/c1-3-6-20-16(22)12-7-13(10-19-9-12)17(23)21-14-5-4-11(2)15(18)8-14/h3-5,7-10H,1,6H2,2H3,(H,20,22)(H,21,23). The number of hydrogen-bond donors (Lipinski definition) is 2. The molecule has 23 heavy (non-hydrogen) atoms. The van der Waals surface area contributed by atoms with E-state index >= 15 is 0 Å². The molecule has 2 N–H and O–H groups in total. The number of amides is 2. The van der Waals surface area contributed by atoms with E-state index in [-0.39, 0.29) is 11.8 Å². The molecule has 0 saturated heterocycles. The van der Waals surface area contributed by atoms with Gasteiger partial charge >= 0.3 is 0 Å². The van der Waals surface area contributed by atoms with Crippen molar-refractivity contribution in [1.29, 1.82) is 0 Å². The van der Waals surface area contributed by atoms with Gasteiger partial charge in [-0.05, 0) is 30.7 Å². The van der Waals surface area contributed by atoms with Crippen LogP contribution in [0.15, 0.2) is 53.8 Å². The van der Waals surface area contributed by atoms with Gasteiger partial charge in [-0.1, -0.05) is 28.1 Å². The Kier molecular flexibility index (Phi) is 5.65. The molecule has 0 saturated carbocycles. The van der Waals surface area contributed by atoms with E-state index in [2.05, 4.69) is 38.1 Å². The zero-order valence-corrected chi connectivity index (χ0v) is 14.2. The van der Waals surface area contributed by atoms with E-state index in [1.165, 1.54) is 18.5 Å². The number of aromatic nitrogens is 1. The number of carbonyl (C=O) groups is 2. The van der Waals surface area contributed by atoms with Gasteiger partial charge in [-0.25, -0.2) is 0 Å². The molecule has 1 heterocycles. The Morgan fingerprint density at radius 3 is 2.57 bits per heavy atom. The number of aryl methyl sites for hydroxylation is 1. The molecule has 2 aromatic rings. The Morgan fingerprint density at radius 1 is 1.22 bits per heavy atom. The highest BCUT2D eigenvalue weighted by Crippen LogP contribution is 2.21. The first-order valence-electron chi connectivity index (χ1n) is 6.93. The van der Waals surface area contributed by atoms with Gasteiger partial charge in [0.05, 0.1) is 11.1 Å². The normalized spacial score (nSPS) is 10.0. The van der Waals surface area contributed by atoms with Crippen LogP contribution in [0.5, 0.6) is 0 Å². The van der Waals surface area contributed by atoms with Crippen LogP contribution >= 0.6 is 15.9 Å². The highest BCUT2D eigenvalue weighted by atomic mass is 79.9. The Bertz CT molecular complexity index is 759. The van der Waals surface area contributed by atoms with Crippen molar-refractivity contribution in [3.8, 4) is 0 Å². The largest absolute Gasteiger partial charge is 0.349 e. The Balaban J connectivity index is 2.14. The quantitative estimate of drug-likeness (QED) is 0.789. The maximum absolute atomic E-state index is 12.3. The highest BCUT2D eigenvalue weighted by Gasteiger charge is 2.11. The zero-order chi connectivity index (χ0) is 16.8. The first kappa shape index (κ1) is 16.9. The van der Waals surface area contributed by atoms with Gasteiger partial charge in [0, 0.05) is 29.1 Å². The first-order chi connectivity index (χ1) is 11.0. The van der Waals surface area contributed by atoms with Crippen LogP contribution in [0.4, 0.5) is 5.69 Å². The van der Waals surface area contributed by atoms with Crippen molar-refractivity contribution in [3.63, 3.8) is 0 Å². The van der Waals surface area contributed by atoms with Crippen LogP contribution in [0, 0.1) is 6.92 Å². The van der Waals surface area contributed by atoms with Crippen molar-refractivity contribution in [2.24, 2.45) is 0 Å². The summed E-state index contributed by atoms with van der Waals surface area (Å²) in [6.45, 7) is 5.85. The van der Waals surface area contributed by atoms with E-state index < -0.39 is 0 Å². The molecule has 118 valence electrons. The fourth-order valence-corrected chi connectivity index (χ4v) is 2.21. The summed E-state index contributed by atoms with van der Waals surface area (Å²) in [6.07, 6.45) is 4.41. The van der Waals surface area contributed by atoms with Gasteiger partial charge in [0.2, 0.25) is 0 Å². The molecule has 6 heteroatoms. The molecule has 0 fully saturated rings. The second-order valence-corrected chi connectivity index (χ2v) is 5.73. The second kappa shape index (κ2) is 7.69. The average Bonchev–Trinajstić information content (AvgIpc) is 2.56. The SMILES string of the molecule is C=CCNC(=O)c1cncc(C(=O)Nc2ccc(C)c(Br)c2)c1. The summed E-state index contributed by atoms with van der Waals surface area (Å²) in [6, 6.07) is 7.04. The molecule has 0 bridgehead atoms. The van der Waals surface area contributed by atoms with Gasteiger partial charge in [0.15, 0.2) is 0 Å². The van der Waals surface area contributed by atoms with Gasteiger partial charge in [0.1, 0.15) is 0 Å². The van der Waals surface area contributed by atoms with Crippen LogP contribution in [-0.2, 0) is 0 Å². The molecule has 0 aliphatic heterocycles.